The number of furan rings is 1. The van der Waals surface area contributed by atoms with Crippen LogP contribution in [0.4, 0.5) is 0 Å². The van der Waals surface area contributed by atoms with Crippen LogP contribution in [0, 0.1) is 25.7 Å². The summed E-state index contributed by atoms with van der Waals surface area (Å²) < 4.78 is 14.2. The number of nitrogens with zero attached hydrogens (tertiary/aromatic N) is 3. The van der Waals surface area contributed by atoms with Crippen LogP contribution < -0.4 is 5.32 Å². The van der Waals surface area contributed by atoms with E-state index < -0.39 is 0 Å². The van der Waals surface area contributed by atoms with Crippen LogP contribution in [0.5, 0.6) is 0 Å². The van der Waals surface area contributed by atoms with E-state index in [2.05, 4.69) is 26.7 Å². The Bertz CT molecular complexity index is 919. The molecule has 3 fully saturated rings. The Kier molecular flexibility index (Phi) is 4.55. The van der Waals surface area contributed by atoms with Gasteiger partial charge in [0.2, 0.25) is 0 Å². The number of amides is 1. The van der Waals surface area contributed by atoms with Gasteiger partial charge in [-0.05, 0) is 39.7 Å². The van der Waals surface area contributed by atoms with Gasteiger partial charge in [0.25, 0.3) is 5.91 Å². The number of aryl methyl sites for hydroxylation is 3. The molecule has 5 heterocycles. The molecule has 2 aromatic heterocycles. The third kappa shape index (κ3) is 3.11. The Morgan fingerprint density at radius 1 is 1.41 bits per heavy atom. The minimum atomic E-state index is -0.0436. The summed E-state index contributed by atoms with van der Waals surface area (Å²) in [6.07, 6.45) is 6.39. The van der Waals surface area contributed by atoms with Crippen molar-refractivity contribution in [2.24, 2.45) is 11.8 Å². The van der Waals surface area contributed by atoms with Gasteiger partial charge in [-0.2, -0.15) is 0 Å². The molecule has 3 aliphatic rings. The molecule has 7 heteroatoms. The summed E-state index contributed by atoms with van der Waals surface area (Å²) in [5.74, 6) is 2.26. The molecule has 2 bridgehead atoms. The standard InChI is InChI=1S/C22H30N4O3/c1-4-26-13-23-8-16(26)10-25-11-19-18(20-5-6-22(19,12-25)29-20)9-24-21(27)17-7-14(2)28-15(17)3/h7-8,13,18-20H,4-6,9-12H2,1-3H3,(H,24,27)/t18-,19+,20+,22+/m0/s1. The molecule has 0 radical (unpaired) electrons. The maximum atomic E-state index is 12.6. The van der Waals surface area contributed by atoms with Crippen LogP contribution in [-0.4, -0.2) is 51.7 Å². The average Bonchev–Trinajstić information content (AvgIpc) is 3.47. The van der Waals surface area contributed by atoms with E-state index in [0.29, 0.717) is 29.7 Å². The molecule has 1 spiro atoms. The van der Waals surface area contributed by atoms with Gasteiger partial charge >= 0.3 is 0 Å². The van der Waals surface area contributed by atoms with Crippen LogP contribution in [0.2, 0.25) is 0 Å². The lowest BCUT2D eigenvalue weighted by atomic mass is 9.73. The van der Waals surface area contributed by atoms with Crippen molar-refractivity contribution in [1.82, 2.24) is 19.8 Å². The van der Waals surface area contributed by atoms with E-state index in [1.54, 1.807) is 0 Å². The van der Waals surface area contributed by atoms with Crippen LogP contribution in [-0.2, 0) is 17.8 Å². The van der Waals surface area contributed by atoms with Gasteiger partial charge in [-0.3, -0.25) is 9.69 Å². The zero-order valence-corrected chi connectivity index (χ0v) is 17.5. The summed E-state index contributed by atoms with van der Waals surface area (Å²) >= 11 is 0. The average molecular weight is 399 g/mol. The number of hydrogen-bond acceptors (Lipinski definition) is 5. The molecular formula is C22H30N4O3. The normalized spacial score (nSPS) is 30.8. The molecule has 3 aliphatic heterocycles. The van der Waals surface area contributed by atoms with Crippen LogP contribution in [0.3, 0.4) is 0 Å². The van der Waals surface area contributed by atoms with Gasteiger partial charge in [0.1, 0.15) is 11.5 Å². The van der Waals surface area contributed by atoms with Crippen LogP contribution in [0.25, 0.3) is 0 Å². The second-order valence-electron chi connectivity index (χ2n) is 8.91. The number of imidazole rings is 1. The van der Waals surface area contributed by atoms with Crippen LogP contribution in [0.1, 0.15) is 47.3 Å². The molecule has 5 rings (SSSR count). The van der Waals surface area contributed by atoms with Gasteiger partial charge in [0, 0.05) is 50.8 Å². The lowest BCUT2D eigenvalue weighted by Gasteiger charge is -2.29. The maximum absolute atomic E-state index is 12.6. The molecule has 2 aromatic rings. The Morgan fingerprint density at radius 3 is 3.03 bits per heavy atom. The quantitative estimate of drug-likeness (QED) is 0.810. The Labute approximate surface area is 171 Å². The summed E-state index contributed by atoms with van der Waals surface area (Å²) in [5, 5.41) is 3.16. The highest BCUT2D eigenvalue weighted by Crippen LogP contribution is 2.54. The van der Waals surface area contributed by atoms with Crippen molar-refractivity contribution in [3.8, 4) is 0 Å². The highest BCUT2D eigenvalue weighted by molar-refractivity contribution is 5.95. The fourth-order valence-corrected chi connectivity index (χ4v) is 5.84. The van der Waals surface area contributed by atoms with Gasteiger partial charge in [-0.15, -0.1) is 0 Å². The zero-order chi connectivity index (χ0) is 20.2. The monoisotopic (exact) mass is 398 g/mol. The molecule has 1 amide bonds. The predicted octanol–water partition coefficient (Wildman–Crippen LogP) is 2.52. The number of likely N-dealkylation sites (tertiary alicyclic amines) is 1. The largest absolute Gasteiger partial charge is 0.466 e. The van der Waals surface area contributed by atoms with Crippen molar-refractivity contribution >= 4 is 5.91 Å². The highest BCUT2D eigenvalue weighted by atomic mass is 16.5. The summed E-state index contributed by atoms with van der Waals surface area (Å²) in [6, 6.07) is 1.82. The number of hydrogen-bond donors (Lipinski definition) is 1. The van der Waals surface area contributed by atoms with E-state index in [4.69, 9.17) is 9.15 Å². The molecule has 3 saturated heterocycles. The Balaban J connectivity index is 1.25. The molecule has 7 nitrogen and oxygen atoms in total. The first-order valence-electron chi connectivity index (χ1n) is 10.7. The molecule has 0 unspecified atom stereocenters. The van der Waals surface area contributed by atoms with Gasteiger partial charge in [0.15, 0.2) is 0 Å². The van der Waals surface area contributed by atoms with E-state index in [9.17, 15) is 4.79 Å². The van der Waals surface area contributed by atoms with E-state index in [1.807, 2.05) is 32.4 Å². The maximum Gasteiger partial charge on any atom is 0.254 e. The Hall–Kier alpha value is -2.12. The van der Waals surface area contributed by atoms with E-state index in [1.165, 1.54) is 5.69 Å². The molecule has 0 aliphatic carbocycles. The molecule has 4 atom stereocenters. The summed E-state index contributed by atoms with van der Waals surface area (Å²) in [4.78, 5) is 19.5. The highest BCUT2D eigenvalue weighted by Gasteiger charge is 2.62. The fraction of sp³-hybridized carbons (Fsp3) is 0.636. The number of ether oxygens (including phenoxy) is 1. The SMILES string of the molecule is CCn1cncc1CN1C[C@@H]2[C@H](CNC(=O)c3cc(C)oc3C)[C@H]3CC[C@]2(C1)O3. The third-order valence-electron chi connectivity index (χ3n) is 7.16. The molecule has 1 N–H and O–H groups in total. The van der Waals surface area contributed by atoms with Crippen molar-refractivity contribution in [3.05, 3.63) is 41.4 Å². The van der Waals surface area contributed by atoms with Gasteiger partial charge in [0.05, 0.1) is 29.3 Å². The minimum absolute atomic E-state index is 0.0285. The second-order valence-corrected chi connectivity index (χ2v) is 8.91. The fourth-order valence-electron chi connectivity index (χ4n) is 5.84. The molecule has 156 valence electrons. The van der Waals surface area contributed by atoms with Gasteiger partial charge in [-0.1, -0.05) is 0 Å². The number of rotatable bonds is 6. The first-order chi connectivity index (χ1) is 14.0. The van der Waals surface area contributed by atoms with Crippen molar-refractivity contribution in [2.75, 3.05) is 19.6 Å². The van der Waals surface area contributed by atoms with E-state index in [-0.39, 0.29) is 17.6 Å². The van der Waals surface area contributed by atoms with Gasteiger partial charge in [-0.25, -0.2) is 4.98 Å². The van der Waals surface area contributed by atoms with Crippen molar-refractivity contribution < 1.29 is 13.9 Å². The predicted molar refractivity (Wildman–Crippen MR) is 108 cm³/mol. The first kappa shape index (κ1) is 18.9. The molecule has 29 heavy (non-hydrogen) atoms. The summed E-state index contributed by atoms with van der Waals surface area (Å²) in [6.45, 7) is 10.4. The number of fused-ring (bicyclic) bond motifs is 1. The summed E-state index contributed by atoms with van der Waals surface area (Å²) in [7, 11) is 0. The van der Waals surface area contributed by atoms with Crippen molar-refractivity contribution in [2.45, 2.75) is 58.4 Å². The van der Waals surface area contributed by atoms with Crippen LogP contribution >= 0.6 is 0 Å². The number of carbonyl (C=O) groups is 1. The summed E-state index contributed by atoms with van der Waals surface area (Å²) in [5.41, 5.74) is 1.87. The lowest BCUT2D eigenvalue weighted by Crippen LogP contribution is -2.41. The van der Waals surface area contributed by atoms with Crippen LogP contribution in [0.15, 0.2) is 23.0 Å². The number of aromatic nitrogens is 2. The Morgan fingerprint density at radius 2 is 2.28 bits per heavy atom. The van der Waals surface area contributed by atoms with E-state index >= 15 is 0 Å². The number of nitrogens with one attached hydrogen (secondary N) is 1. The molecular weight excluding hydrogens is 368 g/mol. The molecule has 0 aromatic carbocycles. The molecule has 0 saturated carbocycles. The van der Waals surface area contributed by atoms with Gasteiger partial charge < -0.3 is 19.0 Å². The minimum Gasteiger partial charge on any atom is -0.466 e. The smallest absolute Gasteiger partial charge is 0.254 e. The van der Waals surface area contributed by atoms with Crippen molar-refractivity contribution in [3.63, 3.8) is 0 Å². The lowest BCUT2D eigenvalue weighted by molar-refractivity contribution is 0.00196. The zero-order valence-electron chi connectivity index (χ0n) is 17.5. The second kappa shape index (κ2) is 6.99. The topological polar surface area (TPSA) is 72.5 Å². The van der Waals surface area contributed by atoms with E-state index in [0.717, 1.165) is 44.8 Å². The number of carbonyl (C=O) groups excluding carboxylic acids is 1. The van der Waals surface area contributed by atoms with Crippen molar-refractivity contribution in [1.29, 1.82) is 0 Å². The first-order valence-corrected chi connectivity index (χ1v) is 10.7. The third-order valence-corrected chi connectivity index (χ3v) is 7.16.